The van der Waals surface area contributed by atoms with Gasteiger partial charge < -0.3 is 14.8 Å². The smallest absolute Gasteiger partial charge is 0.257 e. The molecule has 0 saturated heterocycles. The monoisotopic (exact) mass is 477 g/mol. The van der Waals surface area contributed by atoms with E-state index in [1.807, 2.05) is 29.6 Å². The number of ether oxygens (including phenoxy) is 2. The first-order valence-electron chi connectivity index (χ1n) is 8.06. The van der Waals surface area contributed by atoms with Crippen molar-refractivity contribution in [2.24, 2.45) is 0 Å². The fourth-order valence-electron chi connectivity index (χ4n) is 2.34. The van der Waals surface area contributed by atoms with Crippen molar-refractivity contribution in [3.63, 3.8) is 0 Å². The zero-order valence-corrected chi connectivity index (χ0v) is 18.2. The number of carbonyl (C=O) groups excluding carboxylic acids is 1. The van der Waals surface area contributed by atoms with E-state index in [4.69, 9.17) is 21.7 Å². The fourth-order valence-corrected chi connectivity index (χ4v) is 3.86. The molecule has 0 atom stereocenters. The third kappa shape index (κ3) is 4.86. The molecule has 0 bridgehead atoms. The highest BCUT2D eigenvalue weighted by molar-refractivity contribution is 9.10. The molecule has 144 valence electrons. The van der Waals surface area contributed by atoms with E-state index in [2.05, 4.69) is 31.5 Å². The van der Waals surface area contributed by atoms with E-state index < -0.39 is 0 Å². The number of halogens is 1. The van der Waals surface area contributed by atoms with Crippen LogP contribution >= 0.6 is 39.5 Å². The Bertz CT molecular complexity index is 1010. The maximum absolute atomic E-state index is 12.4. The third-order valence-electron chi connectivity index (χ3n) is 3.75. The van der Waals surface area contributed by atoms with Crippen molar-refractivity contribution in [3.05, 3.63) is 57.9 Å². The van der Waals surface area contributed by atoms with Crippen molar-refractivity contribution in [3.8, 4) is 22.8 Å². The normalized spacial score (nSPS) is 10.2. The number of thiazole rings is 1. The van der Waals surface area contributed by atoms with Gasteiger partial charge in [-0.25, -0.2) is 4.98 Å². The number of amides is 1. The average molecular weight is 478 g/mol. The highest BCUT2D eigenvalue weighted by Gasteiger charge is 2.12. The summed E-state index contributed by atoms with van der Waals surface area (Å²) in [6.45, 7) is 0. The Morgan fingerprint density at radius 2 is 1.89 bits per heavy atom. The molecular weight excluding hydrogens is 462 g/mol. The van der Waals surface area contributed by atoms with Crippen molar-refractivity contribution in [2.75, 3.05) is 19.5 Å². The minimum atomic E-state index is -0.326. The van der Waals surface area contributed by atoms with E-state index in [1.54, 1.807) is 32.4 Å². The number of hydrogen-bond donors (Lipinski definition) is 2. The van der Waals surface area contributed by atoms with Crippen LogP contribution in [0.1, 0.15) is 10.4 Å². The number of thiocarbonyl (C=S) groups is 1. The van der Waals surface area contributed by atoms with Crippen molar-refractivity contribution in [1.82, 2.24) is 10.3 Å². The number of benzene rings is 2. The van der Waals surface area contributed by atoms with Crippen molar-refractivity contribution < 1.29 is 14.3 Å². The first-order chi connectivity index (χ1) is 13.5. The standard InChI is InChI=1S/C19H16BrN3O3S2/c1-25-13-6-3-11(4-7-13)15-10-28-19(21-15)23-18(27)22-17(24)12-5-8-16(26-2)14(20)9-12/h3-10H,1-2H3,(H2,21,22,23,24,27). The van der Waals surface area contributed by atoms with E-state index in [0.29, 0.717) is 20.9 Å². The number of nitrogens with one attached hydrogen (secondary N) is 2. The van der Waals surface area contributed by atoms with Gasteiger partial charge in [0, 0.05) is 16.5 Å². The number of methoxy groups -OCH3 is 2. The summed E-state index contributed by atoms with van der Waals surface area (Å²) in [5.41, 5.74) is 2.22. The van der Waals surface area contributed by atoms with Gasteiger partial charge in [-0.2, -0.15) is 0 Å². The molecule has 3 rings (SSSR count). The molecular formula is C19H16BrN3O3S2. The Morgan fingerprint density at radius 1 is 1.14 bits per heavy atom. The maximum Gasteiger partial charge on any atom is 0.257 e. The van der Waals surface area contributed by atoms with Crippen molar-refractivity contribution in [2.45, 2.75) is 0 Å². The van der Waals surface area contributed by atoms with Crippen molar-refractivity contribution >= 4 is 55.6 Å². The van der Waals surface area contributed by atoms with Crippen LogP contribution in [0.15, 0.2) is 52.3 Å². The Morgan fingerprint density at radius 3 is 2.54 bits per heavy atom. The SMILES string of the molecule is COc1ccc(-c2csc(NC(=S)NC(=O)c3ccc(OC)c(Br)c3)n2)cc1. The Hall–Kier alpha value is -2.49. The number of hydrogen-bond acceptors (Lipinski definition) is 6. The quantitative estimate of drug-likeness (QED) is 0.518. The topological polar surface area (TPSA) is 72.5 Å². The Kier molecular flexibility index (Phi) is 6.61. The van der Waals surface area contributed by atoms with Crippen molar-refractivity contribution in [1.29, 1.82) is 0 Å². The molecule has 0 fully saturated rings. The minimum Gasteiger partial charge on any atom is -0.497 e. The van der Waals surface area contributed by atoms with Crippen LogP contribution in [0.5, 0.6) is 11.5 Å². The molecule has 0 unspecified atom stereocenters. The fraction of sp³-hybridized carbons (Fsp3) is 0.105. The lowest BCUT2D eigenvalue weighted by Gasteiger charge is -2.09. The molecule has 2 aromatic carbocycles. The van der Waals surface area contributed by atoms with Gasteiger partial charge in [0.05, 0.1) is 24.4 Å². The highest BCUT2D eigenvalue weighted by Crippen LogP contribution is 2.27. The summed E-state index contributed by atoms with van der Waals surface area (Å²) in [6.07, 6.45) is 0. The number of aromatic nitrogens is 1. The van der Waals surface area contributed by atoms with Crippen LogP contribution in [0.3, 0.4) is 0 Å². The lowest BCUT2D eigenvalue weighted by Crippen LogP contribution is -2.34. The zero-order valence-electron chi connectivity index (χ0n) is 15.0. The zero-order chi connectivity index (χ0) is 20.1. The highest BCUT2D eigenvalue weighted by atomic mass is 79.9. The predicted octanol–water partition coefficient (Wildman–Crippen LogP) is 4.72. The Labute approximate surface area is 180 Å². The molecule has 6 nitrogen and oxygen atoms in total. The molecule has 1 heterocycles. The summed E-state index contributed by atoms with van der Waals surface area (Å²) in [7, 11) is 3.19. The second-order valence-corrected chi connectivity index (χ2v) is 7.64. The molecule has 1 amide bonds. The molecule has 9 heteroatoms. The van der Waals surface area contributed by atoms with Crippen LogP contribution in [0.2, 0.25) is 0 Å². The van der Waals surface area contributed by atoms with Gasteiger partial charge in [-0.05, 0) is 70.6 Å². The van der Waals surface area contributed by atoms with Gasteiger partial charge in [0.25, 0.3) is 5.91 Å². The summed E-state index contributed by atoms with van der Waals surface area (Å²) in [6, 6.07) is 12.6. The molecule has 2 N–H and O–H groups in total. The minimum absolute atomic E-state index is 0.174. The van der Waals surface area contributed by atoms with Crippen LogP contribution in [0.4, 0.5) is 5.13 Å². The second-order valence-electron chi connectivity index (χ2n) is 5.52. The van der Waals surface area contributed by atoms with Gasteiger partial charge in [-0.1, -0.05) is 0 Å². The Balaban J connectivity index is 1.62. The van der Waals surface area contributed by atoms with E-state index in [1.165, 1.54) is 11.3 Å². The molecule has 3 aromatic rings. The number of carbonyl (C=O) groups is 1. The van der Waals surface area contributed by atoms with Gasteiger partial charge in [-0.3, -0.25) is 10.1 Å². The number of nitrogens with zero attached hydrogens (tertiary/aromatic N) is 1. The third-order valence-corrected chi connectivity index (χ3v) is 5.33. The second kappa shape index (κ2) is 9.13. The molecule has 28 heavy (non-hydrogen) atoms. The summed E-state index contributed by atoms with van der Waals surface area (Å²) < 4.78 is 11.0. The molecule has 0 aliphatic carbocycles. The number of anilines is 1. The average Bonchev–Trinajstić information content (AvgIpc) is 3.16. The largest absolute Gasteiger partial charge is 0.497 e. The van der Waals surface area contributed by atoms with E-state index in [9.17, 15) is 4.79 Å². The van der Waals surface area contributed by atoms with Crippen LogP contribution < -0.4 is 20.1 Å². The number of rotatable bonds is 5. The van der Waals surface area contributed by atoms with Crippen LogP contribution in [-0.4, -0.2) is 30.2 Å². The van der Waals surface area contributed by atoms with Gasteiger partial charge >= 0.3 is 0 Å². The van der Waals surface area contributed by atoms with E-state index in [0.717, 1.165) is 17.0 Å². The van der Waals surface area contributed by atoms with Crippen LogP contribution in [0.25, 0.3) is 11.3 Å². The van der Waals surface area contributed by atoms with Crippen LogP contribution in [-0.2, 0) is 0 Å². The molecule has 0 aliphatic rings. The summed E-state index contributed by atoms with van der Waals surface area (Å²) in [4.78, 5) is 16.9. The molecule has 0 aliphatic heterocycles. The van der Waals surface area contributed by atoms with Gasteiger partial charge in [0.2, 0.25) is 0 Å². The molecule has 1 aromatic heterocycles. The van der Waals surface area contributed by atoms with Crippen LogP contribution in [0, 0.1) is 0 Å². The molecule has 0 radical (unpaired) electrons. The maximum atomic E-state index is 12.4. The summed E-state index contributed by atoms with van der Waals surface area (Å²) >= 11 is 9.98. The molecule has 0 spiro atoms. The first kappa shape index (κ1) is 20.2. The predicted molar refractivity (Wildman–Crippen MR) is 118 cm³/mol. The van der Waals surface area contributed by atoms with Gasteiger partial charge in [-0.15, -0.1) is 11.3 Å². The van der Waals surface area contributed by atoms with Gasteiger partial charge in [0.15, 0.2) is 10.2 Å². The van der Waals surface area contributed by atoms with E-state index >= 15 is 0 Å². The lowest BCUT2D eigenvalue weighted by molar-refractivity contribution is 0.0977. The summed E-state index contributed by atoms with van der Waals surface area (Å²) in [5.74, 6) is 1.10. The molecule has 0 saturated carbocycles. The van der Waals surface area contributed by atoms with Gasteiger partial charge in [0.1, 0.15) is 11.5 Å². The van der Waals surface area contributed by atoms with E-state index in [-0.39, 0.29) is 11.0 Å². The lowest BCUT2D eigenvalue weighted by atomic mass is 10.2. The summed E-state index contributed by atoms with van der Waals surface area (Å²) in [5, 5.41) is 8.26. The first-order valence-corrected chi connectivity index (χ1v) is 10.1.